The van der Waals surface area contributed by atoms with Crippen LogP contribution in [0.5, 0.6) is 11.5 Å². The van der Waals surface area contributed by atoms with E-state index in [-0.39, 0.29) is 23.7 Å². The van der Waals surface area contributed by atoms with Gasteiger partial charge in [0, 0.05) is 33.3 Å². The monoisotopic (exact) mass is 584 g/mol. The standard InChI is InChI=1S/C28H22Cl2N2O6S/c1-3-5-19-10-18(12-24(37-2)26(19)38-16-20-8-9-21(29)14-23(20)30)13-25-27(33)31(28(34)39-25)15-17-6-4-7-22(11-17)32(35)36/h3-4,6-14H,1,5,15-16H2,2H3. The molecule has 2 amide bonds. The van der Waals surface area contributed by atoms with Crippen molar-refractivity contribution in [3.05, 3.63) is 115 Å². The molecule has 0 N–H and O–H groups in total. The number of carbonyl (C=O) groups excluding carboxylic acids is 2. The molecule has 1 fully saturated rings. The number of halogens is 2. The highest BCUT2D eigenvalue weighted by Gasteiger charge is 2.35. The molecule has 0 radical (unpaired) electrons. The average molecular weight is 585 g/mol. The van der Waals surface area contributed by atoms with Gasteiger partial charge in [-0.2, -0.15) is 0 Å². The summed E-state index contributed by atoms with van der Waals surface area (Å²) in [6, 6.07) is 14.5. The van der Waals surface area contributed by atoms with Crippen molar-refractivity contribution in [3.63, 3.8) is 0 Å². The van der Waals surface area contributed by atoms with Gasteiger partial charge in [0.15, 0.2) is 11.5 Å². The Kier molecular flexibility index (Phi) is 8.96. The van der Waals surface area contributed by atoms with Gasteiger partial charge in [-0.15, -0.1) is 6.58 Å². The maximum absolute atomic E-state index is 13.1. The molecule has 200 valence electrons. The molecule has 0 saturated carbocycles. The fourth-order valence-corrected chi connectivity index (χ4v) is 5.22. The number of imide groups is 1. The summed E-state index contributed by atoms with van der Waals surface area (Å²) in [6.45, 7) is 3.92. The summed E-state index contributed by atoms with van der Waals surface area (Å²) in [7, 11) is 1.51. The van der Waals surface area contributed by atoms with E-state index in [2.05, 4.69) is 6.58 Å². The average Bonchev–Trinajstić information content (AvgIpc) is 3.16. The van der Waals surface area contributed by atoms with E-state index < -0.39 is 16.1 Å². The van der Waals surface area contributed by atoms with Gasteiger partial charge in [0.05, 0.1) is 23.5 Å². The number of ether oxygens (including phenoxy) is 2. The molecule has 1 aliphatic rings. The van der Waals surface area contributed by atoms with Crippen LogP contribution in [0.3, 0.4) is 0 Å². The van der Waals surface area contributed by atoms with Crippen LogP contribution in [0, 0.1) is 10.1 Å². The van der Waals surface area contributed by atoms with Crippen LogP contribution in [0.15, 0.2) is 72.2 Å². The predicted octanol–water partition coefficient (Wildman–Crippen LogP) is 7.45. The maximum Gasteiger partial charge on any atom is 0.293 e. The van der Waals surface area contributed by atoms with Gasteiger partial charge in [-0.05, 0) is 59.7 Å². The van der Waals surface area contributed by atoms with Crippen LogP contribution in [-0.4, -0.2) is 28.1 Å². The number of allylic oxidation sites excluding steroid dienone is 1. The second-order valence-corrected chi connectivity index (χ2v) is 10.3. The first kappa shape index (κ1) is 28.2. The highest BCUT2D eigenvalue weighted by atomic mass is 35.5. The van der Waals surface area contributed by atoms with Crippen LogP contribution in [0.1, 0.15) is 22.3 Å². The molecule has 0 aromatic heterocycles. The number of nitrogens with zero attached hydrogens (tertiary/aromatic N) is 2. The summed E-state index contributed by atoms with van der Waals surface area (Å²) in [5.41, 5.74) is 2.49. The third kappa shape index (κ3) is 6.62. The van der Waals surface area contributed by atoms with Gasteiger partial charge in [0.25, 0.3) is 16.8 Å². The summed E-state index contributed by atoms with van der Waals surface area (Å²) in [6.07, 6.45) is 3.77. The molecule has 1 heterocycles. The predicted molar refractivity (Wildman–Crippen MR) is 152 cm³/mol. The molecule has 11 heteroatoms. The molecule has 4 rings (SSSR count). The zero-order valence-corrected chi connectivity index (χ0v) is 23.0. The lowest BCUT2D eigenvalue weighted by molar-refractivity contribution is -0.384. The van der Waals surface area contributed by atoms with Crippen molar-refractivity contribution in [2.75, 3.05) is 7.11 Å². The summed E-state index contributed by atoms with van der Waals surface area (Å²) in [5.74, 6) is 0.444. The van der Waals surface area contributed by atoms with E-state index in [4.69, 9.17) is 32.7 Å². The van der Waals surface area contributed by atoms with Crippen molar-refractivity contribution < 1.29 is 24.0 Å². The molecular weight excluding hydrogens is 563 g/mol. The van der Waals surface area contributed by atoms with Crippen molar-refractivity contribution in [2.45, 2.75) is 19.6 Å². The number of nitro groups is 1. The molecule has 0 atom stereocenters. The van der Waals surface area contributed by atoms with E-state index in [0.29, 0.717) is 39.1 Å². The normalized spacial score (nSPS) is 14.1. The minimum atomic E-state index is -0.525. The molecule has 0 bridgehead atoms. The maximum atomic E-state index is 13.1. The fraction of sp³-hybridized carbons (Fsp3) is 0.143. The number of methoxy groups -OCH3 is 1. The summed E-state index contributed by atoms with van der Waals surface area (Å²) < 4.78 is 11.7. The van der Waals surface area contributed by atoms with Gasteiger partial charge in [-0.3, -0.25) is 24.6 Å². The lowest BCUT2D eigenvalue weighted by Gasteiger charge is -2.16. The van der Waals surface area contributed by atoms with Crippen molar-refractivity contribution in [3.8, 4) is 11.5 Å². The Balaban J connectivity index is 1.59. The number of rotatable bonds is 10. The minimum absolute atomic E-state index is 0.0746. The van der Waals surface area contributed by atoms with Crippen LogP contribution < -0.4 is 9.47 Å². The number of hydrogen-bond donors (Lipinski definition) is 0. The highest BCUT2D eigenvalue weighted by molar-refractivity contribution is 8.18. The fourth-order valence-electron chi connectivity index (χ4n) is 3.92. The van der Waals surface area contributed by atoms with E-state index in [9.17, 15) is 19.7 Å². The molecule has 8 nitrogen and oxygen atoms in total. The third-order valence-corrected chi connectivity index (χ3v) is 7.25. The Morgan fingerprint density at radius 3 is 2.59 bits per heavy atom. The Labute approximate surface area is 239 Å². The number of thioether (sulfide) groups is 1. The first-order valence-corrected chi connectivity index (χ1v) is 13.1. The number of hydrogen-bond acceptors (Lipinski definition) is 7. The number of non-ortho nitro benzene ring substituents is 1. The van der Waals surface area contributed by atoms with Gasteiger partial charge in [0.2, 0.25) is 0 Å². The molecule has 0 aliphatic carbocycles. The second kappa shape index (κ2) is 12.4. The van der Waals surface area contributed by atoms with Crippen LogP contribution in [0.4, 0.5) is 10.5 Å². The topological polar surface area (TPSA) is 99.0 Å². The van der Waals surface area contributed by atoms with Crippen molar-refractivity contribution in [1.82, 2.24) is 4.90 Å². The van der Waals surface area contributed by atoms with Gasteiger partial charge >= 0.3 is 0 Å². The first-order chi connectivity index (χ1) is 18.7. The number of benzene rings is 3. The Morgan fingerprint density at radius 2 is 1.90 bits per heavy atom. The van der Waals surface area contributed by atoms with Gasteiger partial charge in [0.1, 0.15) is 6.61 Å². The zero-order chi connectivity index (χ0) is 28.1. The third-order valence-electron chi connectivity index (χ3n) is 5.76. The number of nitro benzene ring substituents is 1. The van der Waals surface area contributed by atoms with Crippen LogP contribution in [0.2, 0.25) is 10.0 Å². The summed E-state index contributed by atoms with van der Waals surface area (Å²) in [4.78, 5) is 37.5. The second-order valence-electron chi connectivity index (χ2n) is 8.42. The Bertz CT molecular complexity index is 1510. The molecule has 1 saturated heterocycles. The highest BCUT2D eigenvalue weighted by Crippen LogP contribution is 2.38. The van der Waals surface area contributed by atoms with Crippen LogP contribution >= 0.6 is 35.0 Å². The number of amides is 2. The van der Waals surface area contributed by atoms with Gasteiger partial charge < -0.3 is 9.47 Å². The van der Waals surface area contributed by atoms with Gasteiger partial charge in [-0.25, -0.2) is 0 Å². The van der Waals surface area contributed by atoms with E-state index in [0.717, 1.165) is 27.8 Å². The molecular formula is C28H22Cl2N2O6S. The Morgan fingerprint density at radius 1 is 1.10 bits per heavy atom. The van der Waals surface area contributed by atoms with Crippen LogP contribution in [0.25, 0.3) is 6.08 Å². The minimum Gasteiger partial charge on any atom is -0.493 e. The van der Waals surface area contributed by atoms with Crippen molar-refractivity contribution >= 4 is 57.9 Å². The van der Waals surface area contributed by atoms with E-state index in [1.165, 1.54) is 25.3 Å². The van der Waals surface area contributed by atoms with E-state index in [1.807, 2.05) is 6.07 Å². The van der Waals surface area contributed by atoms with E-state index in [1.54, 1.807) is 42.5 Å². The molecule has 0 spiro atoms. The largest absolute Gasteiger partial charge is 0.493 e. The van der Waals surface area contributed by atoms with Crippen molar-refractivity contribution in [1.29, 1.82) is 0 Å². The smallest absolute Gasteiger partial charge is 0.293 e. The van der Waals surface area contributed by atoms with Crippen molar-refractivity contribution in [2.24, 2.45) is 0 Å². The molecule has 39 heavy (non-hydrogen) atoms. The SMILES string of the molecule is C=CCc1cc(C=C2SC(=O)N(Cc3cccc([N+](=O)[O-])c3)C2=O)cc(OC)c1OCc1ccc(Cl)cc1Cl. The molecule has 1 aliphatic heterocycles. The quantitative estimate of drug-likeness (QED) is 0.105. The van der Waals surface area contributed by atoms with Gasteiger partial charge in [-0.1, -0.05) is 47.5 Å². The first-order valence-electron chi connectivity index (χ1n) is 11.6. The zero-order valence-electron chi connectivity index (χ0n) is 20.7. The number of carbonyl (C=O) groups is 2. The molecule has 3 aromatic rings. The summed E-state index contributed by atoms with van der Waals surface area (Å²) >= 11 is 13.1. The Hall–Kier alpha value is -3.79. The lowest BCUT2D eigenvalue weighted by atomic mass is 10.0. The molecule has 0 unspecified atom stereocenters. The summed E-state index contributed by atoms with van der Waals surface area (Å²) in [5, 5.41) is 11.6. The van der Waals surface area contributed by atoms with Crippen LogP contribution in [-0.2, 0) is 24.4 Å². The molecule has 3 aromatic carbocycles. The lowest BCUT2D eigenvalue weighted by Crippen LogP contribution is -2.27. The van der Waals surface area contributed by atoms with E-state index >= 15 is 0 Å².